The summed E-state index contributed by atoms with van der Waals surface area (Å²) in [5.41, 5.74) is -0.564. The Morgan fingerprint density at radius 2 is 1.82 bits per heavy atom. The summed E-state index contributed by atoms with van der Waals surface area (Å²) in [6, 6.07) is 8.60. The number of nitrogens with one attached hydrogen (secondary N) is 1. The van der Waals surface area contributed by atoms with Crippen LogP contribution in [-0.4, -0.2) is 35.3 Å². The summed E-state index contributed by atoms with van der Waals surface area (Å²) in [5, 5.41) is 12.0. The summed E-state index contributed by atoms with van der Waals surface area (Å²) in [4.78, 5) is 26.2. The number of amides is 1. The molecule has 8 heteroatoms. The monoisotopic (exact) mass is 456 g/mol. The zero-order chi connectivity index (χ0) is 23.5. The van der Waals surface area contributed by atoms with Crippen molar-refractivity contribution in [3.63, 3.8) is 0 Å². The third kappa shape index (κ3) is 4.61. The Hall–Kier alpha value is -3.26. The molecule has 0 radical (unpaired) electrons. The molecule has 4 rings (SSSR count). The van der Waals surface area contributed by atoms with Crippen LogP contribution in [0.2, 0.25) is 0 Å². The second-order valence-electron chi connectivity index (χ2n) is 8.41. The highest BCUT2D eigenvalue weighted by Crippen LogP contribution is 2.25. The molecule has 174 valence electrons. The molecule has 33 heavy (non-hydrogen) atoms. The third-order valence-corrected chi connectivity index (χ3v) is 6.34. The van der Waals surface area contributed by atoms with Gasteiger partial charge in [-0.15, -0.1) is 0 Å². The van der Waals surface area contributed by atoms with Crippen molar-refractivity contribution in [2.75, 3.05) is 13.7 Å². The normalized spacial score (nSPS) is 18.3. The van der Waals surface area contributed by atoms with Gasteiger partial charge < -0.3 is 19.7 Å². The first kappa shape index (κ1) is 22.9. The Morgan fingerprint density at radius 3 is 2.52 bits per heavy atom. The molecule has 0 spiro atoms. The molecule has 1 saturated carbocycles. The first-order chi connectivity index (χ1) is 15.9. The van der Waals surface area contributed by atoms with Gasteiger partial charge in [0.2, 0.25) is 5.43 Å². The zero-order valence-electron chi connectivity index (χ0n) is 18.3. The van der Waals surface area contributed by atoms with Gasteiger partial charge in [-0.2, -0.15) is 0 Å². The number of pyridine rings is 1. The minimum absolute atomic E-state index is 0.0653. The standard InChI is InChI=1S/C25H26F2N2O4/c1-33-17-8-6-15(7-9-17)12-29-13-18(24(31)22-19(26)10-11-20(27)23(22)29)25(32)28-21-5-3-2-4-16(21)14-30/h6-11,13,16,21,30H,2-5,12,14H2,1H3,(H,28,32). The Bertz CT molecular complexity index is 1220. The van der Waals surface area contributed by atoms with Crippen LogP contribution in [0.4, 0.5) is 8.78 Å². The van der Waals surface area contributed by atoms with Gasteiger partial charge in [0.05, 0.1) is 18.0 Å². The summed E-state index contributed by atoms with van der Waals surface area (Å²) >= 11 is 0. The summed E-state index contributed by atoms with van der Waals surface area (Å²) in [6.07, 6.45) is 4.62. The predicted molar refractivity (Wildman–Crippen MR) is 121 cm³/mol. The lowest BCUT2D eigenvalue weighted by molar-refractivity contribution is 0.0871. The molecule has 1 aromatic heterocycles. The van der Waals surface area contributed by atoms with E-state index in [0.717, 1.165) is 37.0 Å². The smallest absolute Gasteiger partial charge is 0.257 e. The molecule has 0 bridgehead atoms. The number of methoxy groups -OCH3 is 1. The molecular formula is C25H26F2N2O4. The zero-order valence-corrected chi connectivity index (χ0v) is 18.3. The van der Waals surface area contributed by atoms with E-state index in [0.29, 0.717) is 12.2 Å². The van der Waals surface area contributed by atoms with Crippen LogP contribution in [0.5, 0.6) is 5.75 Å². The minimum Gasteiger partial charge on any atom is -0.497 e. The SMILES string of the molecule is COc1ccc(Cn2cc(C(=O)NC3CCCCC3CO)c(=O)c3c(F)ccc(F)c32)cc1. The number of ether oxygens (including phenoxy) is 1. The van der Waals surface area contributed by atoms with E-state index in [1.165, 1.54) is 10.8 Å². The average molecular weight is 456 g/mol. The van der Waals surface area contributed by atoms with E-state index in [-0.39, 0.29) is 36.2 Å². The first-order valence-electron chi connectivity index (χ1n) is 11.0. The number of fused-ring (bicyclic) bond motifs is 1. The second kappa shape index (κ2) is 9.70. The fraction of sp³-hybridized carbons (Fsp3) is 0.360. The third-order valence-electron chi connectivity index (χ3n) is 6.34. The van der Waals surface area contributed by atoms with Gasteiger partial charge >= 0.3 is 0 Å². The number of rotatable bonds is 6. The second-order valence-corrected chi connectivity index (χ2v) is 8.41. The largest absolute Gasteiger partial charge is 0.497 e. The highest BCUT2D eigenvalue weighted by atomic mass is 19.1. The van der Waals surface area contributed by atoms with Crippen LogP contribution in [0.15, 0.2) is 47.4 Å². The fourth-order valence-corrected chi connectivity index (χ4v) is 4.53. The number of carbonyl (C=O) groups is 1. The van der Waals surface area contributed by atoms with E-state index >= 15 is 0 Å². The van der Waals surface area contributed by atoms with Crippen molar-refractivity contribution >= 4 is 16.8 Å². The van der Waals surface area contributed by atoms with Crippen molar-refractivity contribution in [1.29, 1.82) is 0 Å². The Morgan fingerprint density at radius 1 is 1.12 bits per heavy atom. The highest BCUT2D eigenvalue weighted by Gasteiger charge is 2.28. The van der Waals surface area contributed by atoms with Gasteiger partial charge in [0.25, 0.3) is 5.91 Å². The molecule has 1 aliphatic carbocycles. The van der Waals surface area contributed by atoms with Crippen molar-refractivity contribution in [3.8, 4) is 5.75 Å². The van der Waals surface area contributed by atoms with Crippen LogP contribution in [-0.2, 0) is 6.54 Å². The number of aromatic nitrogens is 1. The number of carbonyl (C=O) groups excluding carboxylic acids is 1. The number of aliphatic hydroxyl groups excluding tert-OH is 1. The summed E-state index contributed by atoms with van der Waals surface area (Å²) in [6.45, 7) is 0.0499. The van der Waals surface area contributed by atoms with E-state index < -0.39 is 28.4 Å². The van der Waals surface area contributed by atoms with E-state index in [2.05, 4.69) is 5.32 Å². The van der Waals surface area contributed by atoms with E-state index in [1.807, 2.05) is 0 Å². The van der Waals surface area contributed by atoms with Gasteiger partial charge in [0.1, 0.15) is 22.9 Å². The molecular weight excluding hydrogens is 430 g/mol. The Labute approximate surface area is 189 Å². The number of hydrogen-bond acceptors (Lipinski definition) is 4. The van der Waals surface area contributed by atoms with Gasteiger partial charge in [0.15, 0.2) is 0 Å². The van der Waals surface area contributed by atoms with Gasteiger partial charge in [-0.05, 0) is 42.7 Å². The van der Waals surface area contributed by atoms with Gasteiger partial charge in [-0.1, -0.05) is 25.0 Å². The molecule has 1 fully saturated rings. The minimum atomic E-state index is -0.888. The molecule has 2 unspecified atom stereocenters. The number of halogens is 2. The number of aliphatic hydroxyl groups is 1. The van der Waals surface area contributed by atoms with Crippen LogP contribution in [0, 0.1) is 17.6 Å². The summed E-state index contributed by atoms with van der Waals surface area (Å²) in [7, 11) is 1.54. The Balaban J connectivity index is 1.78. The maximum atomic E-state index is 14.8. The topological polar surface area (TPSA) is 80.6 Å². The molecule has 2 atom stereocenters. The van der Waals surface area contributed by atoms with Crippen molar-refractivity contribution in [1.82, 2.24) is 9.88 Å². The molecule has 0 saturated heterocycles. The van der Waals surface area contributed by atoms with Crippen LogP contribution in [0.25, 0.3) is 10.9 Å². The van der Waals surface area contributed by atoms with Crippen LogP contribution in [0.1, 0.15) is 41.6 Å². The Kier molecular flexibility index (Phi) is 6.74. The molecule has 2 aromatic carbocycles. The number of benzene rings is 2. The summed E-state index contributed by atoms with van der Waals surface area (Å²) in [5.74, 6) is -1.75. The van der Waals surface area contributed by atoms with Crippen LogP contribution < -0.4 is 15.5 Å². The molecule has 1 aliphatic rings. The molecule has 1 heterocycles. The lowest BCUT2D eigenvalue weighted by Crippen LogP contribution is -2.44. The first-order valence-corrected chi connectivity index (χ1v) is 11.0. The van der Waals surface area contributed by atoms with E-state index in [9.17, 15) is 23.5 Å². The average Bonchev–Trinajstić information content (AvgIpc) is 2.83. The van der Waals surface area contributed by atoms with Crippen LogP contribution >= 0.6 is 0 Å². The van der Waals surface area contributed by atoms with E-state index in [1.54, 1.807) is 31.4 Å². The van der Waals surface area contributed by atoms with E-state index in [4.69, 9.17) is 4.74 Å². The summed E-state index contributed by atoms with van der Waals surface area (Å²) < 4.78 is 36.0. The van der Waals surface area contributed by atoms with Crippen molar-refractivity contribution in [2.24, 2.45) is 5.92 Å². The lowest BCUT2D eigenvalue weighted by atomic mass is 9.85. The number of nitrogens with zero attached hydrogens (tertiary/aromatic N) is 1. The fourth-order valence-electron chi connectivity index (χ4n) is 4.53. The quantitative estimate of drug-likeness (QED) is 0.594. The van der Waals surface area contributed by atoms with Crippen molar-refractivity contribution in [3.05, 3.63) is 75.6 Å². The number of hydrogen-bond donors (Lipinski definition) is 2. The molecule has 0 aliphatic heterocycles. The van der Waals surface area contributed by atoms with Gasteiger partial charge in [-0.3, -0.25) is 9.59 Å². The maximum absolute atomic E-state index is 14.8. The lowest BCUT2D eigenvalue weighted by Gasteiger charge is -2.30. The highest BCUT2D eigenvalue weighted by molar-refractivity contribution is 5.97. The van der Waals surface area contributed by atoms with Crippen molar-refractivity contribution < 1.29 is 23.4 Å². The molecule has 6 nitrogen and oxygen atoms in total. The predicted octanol–water partition coefficient (Wildman–Crippen LogP) is 3.62. The van der Waals surface area contributed by atoms with Gasteiger partial charge in [0, 0.05) is 31.3 Å². The maximum Gasteiger partial charge on any atom is 0.257 e. The van der Waals surface area contributed by atoms with Crippen LogP contribution in [0.3, 0.4) is 0 Å². The van der Waals surface area contributed by atoms with Crippen molar-refractivity contribution in [2.45, 2.75) is 38.3 Å². The van der Waals surface area contributed by atoms with Gasteiger partial charge in [-0.25, -0.2) is 8.78 Å². The molecule has 2 N–H and O–H groups in total. The molecule has 3 aromatic rings. The molecule has 1 amide bonds.